The van der Waals surface area contributed by atoms with Crippen LogP contribution in [0.15, 0.2) is 54.7 Å². The number of aromatic nitrogens is 1. The van der Waals surface area contributed by atoms with E-state index in [1.54, 1.807) is 0 Å². The largest absolute Gasteiger partial charge is 0.381 e. The number of carbonyl (C=O) groups excluding carboxylic acids is 1. The van der Waals surface area contributed by atoms with Crippen molar-refractivity contribution in [2.45, 2.75) is 51.4 Å². The van der Waals surface area contributed by atoms with Crippen LogP contribution < -0.4 is 10.2 Å². The number of fused-ring (bicyclic) bond motifs is 2. The van der Waals surface area contributed by atoms with Crippen LogP contribution in [0.4, 0.5) is 11.5 Å². The van der Waals surface area contributed by atoms with Gasteiger partial charge in [0, 0.05) is 50.2 Å². The monoisotopic (exact) mass is 507 g/mol. The smallest absolute Gasteiger partial charge is 0.253 e. The first-order chi connectivity index (χ1) is 18.5. The van der Waals surface area contributed by atoms with Gasteiger partial charge < -0.3 is 19.9 Å². The van der Waals surface area contributed by atoms with Crippen LogP contribution in [0.25, 0.3) is 0 Å². The van der Waals surface area contributed by atoms with E-state index in [1.165, 1.54) is 18.4 Å². The third-order valence-electron chi connectivity index (χ3n) is 8.29. The molecule has 6 rings (SSSR count). The number of carbonyl (C=O) groups is 1. The Bertz CT molecular complexity index is 1380. The second-order valence-electron chi connectivity index (χ2n) is 10.7. The van der Waals surface area contributed by atoms with Crippen LogP contribution in [0.1, 0.15) is 63.9 Å². The zero-order valence-corrected chi connectivity index (χ0v) is 21.9. The molecule has 3 aliphatic heterocycles. The number of likely N-dealkylation sites (tertiary alicyclic amines) is 1. The Morgan fingerprint density at radius 3 is 2.63 bits per heavy atom. The van der Waals surface area contributed by atoms with Crippen LogP contribution in [0.2, 0.25) is 0 Å². The van der Waals surface area contributed by atoms with Gasteiger partial charge >= 0.3 is 0 Å². The van der Waals surface area contributed by atoms with Gasteiger partial charge in [-0.15, -0.1) is 0 Å². The predicted molar refractivity (Wildman–Crippen MR) is 147 cm³/mol. The maximum absolute atomic E-state index is 13.4. The minimum absolute atomic E-state index is 0.0533. The molecular weight excluding hydrogens is 474 g/mol. The molecule has 0 atom stereocenters. The van der Waals surface area contributed by atoms with Crippen LogP contribution in [0.5, 0.6) is 0 Å². The summed E-state index contributed by atoms with van der Waals surface area (Å²) in [6, 6.07) is 18.2. The van der Waals surface area contributed by atoms with Crippen molar-refractivity contribution in [2.75, 3.05) is 36.4 Å². The van der Waals surface area contributed by atoms with E-state index in [2.05, 4.69) is 40.3 Å². The van der Waals surface area contributed by atoms with Gasteiger partial charge in [-0.3, -0.25) is 4.79 Å². The van der Waals surface area contributed by atoms with Gasteiger partial charge in [0.15, 0.2) is 0 Å². The predicted octanol–water partition coefficient (Wildman–Crippen LogP) is 5.14. The first kappa shape index (κ1) is 24.4. The van der Waals surface area contributed by atoms with E-state index in [4.69, 9.17) is 4.74 Å². The van der Waals surface area contributed by atoms with Crippen molar-refractivity contribution in [3.8, 4) is 6.07 Å². The number of nitriles is 1. The molecule has 0 aliphatic carbocycles. The van der Waals surface area contributed by atoms with Crippen LogP contribution in [0.3, 0.4) is 0 Å². The van der Waals surface area contributed by atoms with Gasteiger partial charge in [0.1, 0.15) is 5.82 Å². The Hall–Kier alpha value is -3.89. The van der Waals surface area contributed by atoms with E-state index in [0.717, 1.165) is 54.1 Å². The van der Waals surface area contributed by atoms with Gasteiger partial charge in [0.05, 0.1) is 23.8 Å². The highest BCUT2D eigenvalue weighted by Crippen LogP contribution is 2.44. The number of hydrogen-bond acceptors (Lipinski definition) is 6. The maximum Gasteiger partial charge on any atom is 0.253 e. The third kappa shape index (κ3) is 4.61. The zero-order valence-electron chi connectivity index (χ0n) is 21.9. The van der Waals surface area contributed by atoms with E-state index in [9.17, 15) is 10.1 Å². The molecule has 1 aromatic heterocycles. The Morgan fingerprint density at radius 2 is 1.89 bits per heavy atom. The van der Waals surface area contributed by atoms with E-state index < -0.39 is 0 Å². The number of ether oxygens (including phenoxy) is 1. The number of benzene rings is 2. The molecule has 3 aliphatic rings. The Labute approximate surface area is 224 Å². The lowest BCUT2D eigenvalue weighted by Gasteiger charge is -2.39. The summed E-state index contributed by atoms with van der Waals surface area (Å²) in [7, 11) is 0. The molecule has 1 N–H and O–H groups in total. The van der Waals surface area contributed by atoms with Crippen LogP contribution in [0, 0.1) is 18.3 Å². The first-order valence-electron chi connectivity index (χ1n) is 13.6. The summed E-state index contributed by atoms with van der Waals surface area (Å²) in [5.41, 5.74) is 6.47. The molecule has 4 heterocycles. The molecule has 7 heteroatoms. The third-order valence-corrected chi connectivity index (χ3v) is 8.29. The molecule has 38 heavy (non-hydrogen) atoms. The average Bonchev–Trinajstić information content (AvgIpc) is 3.62. The minimum atomic E-state index is -0.349. The van der Waals surface area contributed by atoms with Crippen molar-refractivity contribution in [2.24, 2.45) is 0 Å². The van der Waals surface area contributed by atoms with Crippen molar-refractivity contribution in [3.05, 3.63) is 88.1 Å². The standard InChI is InChI=1S/C31H33N5O2/c1-22-4-7-25(17-28(22)33-19-24-6-9-29(34-20-24)35-12-2-3-13-35)30(37)36-14-10-31(11-15-36)27-8-5-23(18-32)16-26(27)21-38-31/h4-9,16-17,20,33H,2-3,10-15,19,21H2,1H3. The lowest BCUT2D eigenvalue weighted by molar-refractivity contribution is -0.0741. The molecule has 3 aromatic rings. The number of anilines is 2. The van der Waals surface area contributed by atoms with Crippen LogP contribution in [-0.2, 0) is 23.5 Å². The molecule has 2 aromatic carbocycles. The summed E-state index contributed by atoms with van der Waals surface area (Å²) in [4.78, 5) is 22.4. The SMILES string of the molecule is Cc1ccc(C(=O)N2CCC3(CC2)OCc2cc(C#N)ccc23)cc1NCc1ccc(N2CCCC2)nc1. The van der Waals surface area contributed by atoms with Gasteiger partial charge in [0.2, 0.25) is 0 Å². The highest BCUT2D eigenvalue weighted by Gasteiger charge is 2.43. The quantitative estimate of drug-likeness (QED) is 0.515. The zero-order chi connectivity index (χ0) is 26.1. The summed E-state index contributed by atoms with van der Waals surface area (Å²) < 4.78 is 6.27. The van der Waals surface area contributed by atoms with Crippen molar-refractivity contribution in [1.82, 2.24) is 9.88 Å². The molecule has 1 amide bonds. The Kier molecular flexibility index (Phi) is 6.50. The summed E-state index contributed by atoms with van der Waals surface area (Å²) in [5, 5.41) is 12.7. The summed E-state index contributed by atoms with van der Waals surface area (Å²) in [6.07, 6.45) is 5.94. The van der Waals surface area contributed by atoms with Crippen LogP contribution in [-0.4, -0.2) is 42.0 Å². The van der Waals surface area contributed by atoms with Gasteiger partial charge in [-0.25, -0.2) is 4.98 Å². The number of nitrogens with one attached hydrogen (secondary N) is 1. The summed E-state index contributed by atoms with van der Waals surface area (Å²) in [5.74, 6) is 1.11. The van der Waals surface area contributed by atoms with E-state index >= 15 is 0 Å². The topological polar surface area (TPSA) is 81.5 Å². The fraction of sp³-hybridized carbons (Fsp3) is 0.387. The normalized spacial score (nSPS) is 17.9. The number of nitrogens with zero attached hydrogens (tertiary/aromatic N) is 4. The fourth-order valence-electron chi connectivity index (χ4n) is 5.99. The number of amides is 1. The molecule has 1 spiro atoms. The molecule has 7 nitrogen and oxygen atoms in total. The number of piperidine rings is 1. The van der Waals surface area contributed by atoms with Gasteiger partial charge in [-0.2, -0.15) is 5.26 Å². The van der Waals surface area contributed by atoms with Crippen LogP contribution >= 0.6 is 0 Å². The Morgan fingerprint density at radius 1 is 1.08 bits per heavy atom. The fourth-order valence-corrected chi connectivity index (χ4v) is 5.99. The van der Waals surface area contributed by atoms with E-state index in [0.29, 0.717) is 37.4 Å². The number of pyridine rings is 1. The van der Waals surface area contributed by atoms with Crippen molar-refractivity contribution in [1.29, 1.82) is 5.26 Å². The molecule has 0 radical (unpaired) electrons. The Balaban J connectivity index is 1.09. The van der Waals surface area contributed by atoms with Crippen molar-refractivity contribution in [3.63, 3.8) is 0 Å². The number of hydrogen-bond donors (Lipinski definition) is 1. The number of rotatable bonds is 5. The average molecular weight is 508 g/mol. The lowest BCUT2D eigenvalue weighted by Crippen LogP contribution is -2.45. The lowest BCUT2D eigenvalue weighted by atomic mass is 9.83. The highest BCUT2D eigenvalue weighted by molar-refractivity contribution is 5.95. The van der Waals surface area contributed by atoms with Gasteiger partial charge in [-0.1, -0.05) is 18.2 Å². The second kappa shape index (κ2) is 10.1. The van der Waals surface area contributed by atoms with Crippen molar-refractivity contribution < 1.29 is 9.53 Å². The summed E-state index contributed by atoms with van der Waals surface area (Å²) >= 11 is 0. The van der Waals surface area contributed by atoms with Crippen molar-refractivity contribution >= 4 is 17.4 Å². The highest BCUT2D eigenvalue weighted by atomic mass is 16.5. The molecule has 0 bridgehead atoms. The maximum atomic E-state index is 13.4. The van der Waals surface area contributed by atoms with Gasteiger partial charge in [-0.05, 0) is 85.2 Å². The summed E-state index contributed by atoms with van der Waals surface area (Å²) in [6.45, 7) is 6.71. The molecular formula is C31H33N5O2. The molecule has 2 saturated heterocycles. The molecule has 0 unspecified atom stereocenters. The molecule has 2 fully saturated rings. The van der Waals surface area contributed by atoms with E-state index in [-0.39, 0.29) is 11.5 Å². The first-order valence-corrected chi connectivity index (χ1v) is 13.6. The van der Waals surface area contributed by atoms with Gasteiger partial charge in [0.25, 0.3) is 5.91 Å². The second-order valence-corrected chi connectivity index (χ2v) is 10.7. The molecule has 0 saturated carbocycles. The minimum Gasteiger partial charge on any atom is -0.381 e. The molecule has 194 valence electrons. The number of aryl methyl sites for hydroxylation is 1. The van der Waals surface area contributed by atoms with E-state index in [1.807, 2.05) is 47.5 Å².